The van der Waals surface area contributed by atoms with Crippen LogP contribution in [0.3, 0.4) is 0 Å². The van der Waals surface area contributed by atoms with Crippen molar-refractivity contribution >= 4 is 23.4 Å². The van der Waals surface area contributed by atoms with Crippen molar-refractivity contribution in [2.45, 2.75) is 50.7 Å². The summed E-state index contributed by atoms with van der Waals surface area (Å²) in [6.07, 6.45) is -0.507. The average molecular weight is 339 g/mol. The van der Waals surface area contributed by atoms with Gasteiger partial charge in [0.25, 0.3) is 5.91 Å². The fourth-order valence-electron chi connectivity index (χ4n) is 2.85. The first-order chi connectivity index (χ1) is 10.3. The summed E-state index contributed by atoms with van der Waals surface area (Å²) < 4.78 is 36.5. The number of likely N-dealkylation sites (tertiary alicyclic amines) is 1. The highest BCUT2D eigenvalue weighted by atomic mass is 35.5. The molecule has 22 heavy (non-hydrogen) atoms. The molecule has 0 saturated carbocycles. The van der Waals surface area contributed by atoms with Crippen molar-refractivity contribution in [3.05, 3.63) is 10.6 Å². The third-order valence-electron chi connectivity index (χ3n) is 3.94. The molecule has 0 bridgehead atoms. The number of nitrogens with zero attached hydrogens (tertiary/aromatic N) is 1. The van der Waals surface area contributed by atoms with Gasteiger partial charge in [-0.05, 0) is 38.5 Å². The number of halogens is 4. The Balaban J connectivity index is 2.04. The van der Waals surface area contributed by atoms with Crippen LogP contribution in [0, 0.1) is 0 Å². The average Bonchev–Trinajstić information content (AvgIpc) is 2.93. The van der Waals surface area contributed by atoms with Crippen LogP contribution < -0.4 is 5.32 Å². The van der Waals surface area contributed by atoms with E-state index in [2.05, 4.69) is 0 Å². The summed E-state index contributed by atoms with van der Waals surface area (Å²) >= 11 is 6.09. The maximum Gasteiger partial charge on any atom is 0.405 e. The highest BCUT2D eigenvalue weighted by Crippen LogP contribution is 2.31. The normalized spacial score (nSPS) is 22.9. The summed E-state index contributed by atoms with van der Waals surface area (Å²) in [4.78, 5) is 25.8. The molecule has 0 aromatic heterocycles. The lowest BCUT2D eigenvalue weighted by Crippen LogP contribution is -2.48. The second kappa shape index (κ2) is 6.89. The summed E-state index contributed by atoms with van der Waals surface area (Å²) in [6, 6.07) is -0.839. The number of hydrogen-bond donors (Lipinski definition) is 1. The first-order valence-electron chi connectivity index (χ1n) is 7.32. The second-order valence-corrected chi connectivity index (χ2v) is 6.04. The van der Waals surface area contributed by atoms with Crippen molar-refractivity contribution in [3.8, 4) is 0 Å². The number of carbonyl (C=O) groups is 2. The molecule has 124 valence electrons. The number of nitrogens with one attached hydrogen (secondary N) is 1. The Labute approximate surface area is 131 Å². The number of rotatable bonds is 3. The van der Waals surface area contributed by atoms with Crippen molar-refractivity contribution in [3.63, 3.8) is 0 Å². The molecule has 1 aliphatic carbocycles. The third-order valence-corrected chi connectivity index (χ3v) is 4.36. The lowest BCUT2D eigenvalue weighted by atomic mass is 9.98. The number of carbonyl (C=O) groups excluding carboxylic acids is 2. The van der Waals surface area contributed by atoms with Crippen molar-refractivity contribution in [1.82, 2.24) is 10.2 Å². The molecule has 2 rings (SSSR count). The topological polar surface area (TPSA) is 49.4 Å². The zero-order valence-corrected chi connectivity index (χ0v) is 12.8. The molecule has 0 spiro atoms. The van der Waals surface area contributed by atoms with E-state index in [0.29, 0.717) is 42.8 Å². The number of amides is 2. The van der Waals surface area contributed by atoms with Crippen molar-refractivity contribution < 1.29 is 22.8 Å². The molecule has 8 heteroatoms. The summed E-state index contributed by atoms with van der Waals surface area (Å²) in [5, 5.41) is 2.37. The summed E-state index contributed by atoms with van der Waals surface area (Å²) in [7, 11) is 0. The van der Waals surface area contributed by atoms with Crippen LogP contribution in [0.15, 0.2) is 10.6 Å². The number of hydrogen-bond acceptors (Lipinski definition) is 2. The third kappa shape index (κ3) is 4.15. The van der Waals surface area contributed by atoms with Gasteiger partial charge >= 0.3 is 6.18 Å². The van der Waals surface area contributed by atoms with Crippen LogP contribution in [0.4, 0.5) is 13.2 Å². The first-order valence-corrected chi connectivity index (χ1v) is 7.70. The van der Waals surface area contributed by atoms with Crippen LogP contribution in [-0.2, 0) is 9.59 Å². The van der Waals surface area contributed by atoms with Gasteiger partial charge in [-0.3, -0.25) is 9.59 Å². The highest BCUT2D eigenvalue weighted by molar-refractivity contribution is 6.32. The molecular weight excluding hydrogens is 321 g/mol. The summed E-state index contributed by atoms with van der Waals surface area (Å²) in [5.74, 6) is -1.06. The van der Waals surface area contributed by atoms with Gasteiger partial charge < -0.3 is 10.2 Å². The molecule has 0 radical (unpaired) electrons. The number of allylic oxidation sites excluding steroid dienone is 1. The quantitative estimate of drug-likeness (QED) is 0.860. The molecule has 1 heterocycles. The molecule has 2 aliphatic rings. The van der Waals surface area contributed by atoms with Gasteiger partial charge in [-0.2, -0.15) is 13.2 Å². The molecular formula is C14H18ClF3N2O2. The minimum atomic E-state index is -4.46. The van der Waals surface area contributed by atoms with Gasteiger partial charge in [-0.25, -0.2) is 0 Å². The van der Waals surface area contributed by atoms with Gasteiger partial charge in [0.15, 0.2) is 0 Å². The smallest absolute Gasteiger partial charge is 0.345 e. The van der Waals surface area contributed by atoms with E-state index in [1.54, 1.807) is 0 Å². The van der Waals surface area contributed by atoms with Gasteiger partial charge in [0.1, 0.15) is 12.6 Å². The fraction of sp³-hybridized carbons (Fsp3) is 0.714. The Hall–Kier alpha value is -1.24. The van der Waals surface area contributed by atoms with Gasteiger partial charge in [-0.1, -0.05) is 11.6 Å². The molecule has 1 aliphatic heterocycles. The van der Waals surface area contributed by atoms with E-state index in [0.717, 1.165) is 12.8 Å². The van der Waals surface area contributed by atoms with Gasteiger partial charge in [0, 0.05) is 17.2 Å². The van der Waals surface area contributed by atoms with Gasteiger partial charge in [0.2, 0.25) is 5.91 Å². The van der Waals surface area contributed by atoms with Crippen LogP contribution in [-0.4, -0.2) is 42.0 Å². The van der Waals surface area contributed by atoms with E-state index < -0.39 is 24.7 Å². The SMILES string of the molecule is O=C(NCC(F)(F)F)[C@H]1CCCN1C(=O)C1=C(Cl)CCCC1. The van der Waals surface area contributed by atoms with Gasteiger partial charge in [-0.15, -0.1) is 0 Å². The lowest BCUT2D eigenvalue weighted by Gasteiger charge is -2.27. The van der Waals surface area contributed by atoms with E-state index in [1.165, 1.54) is 4.90 Å². The minimum Gasteiger partial charge on any atom is -0.345 e. The van der Waals surface area contributed by atoms with E-state index in [1.807, 2.05) is 5.32 Å². The standard InChI is InChI=1S/C14H18ClF3N2O2/c15-10-5-2-1-4-9(10)13(22)20-7-3-6-11(20)12(21)19-8-14(16,17)18/h11H,1-8H2,(H,19,21)/t11-/m1/s1. The Morgan fingerprint density at radius 3 is 2.55 bits per heavy atom. The van der Waals surface area contributed by atoms with Gasteiger partial charge in [0.05, 0.1) is 0 Å². The maximum absolute atomic E-state index is 12.5. The molecule has 1 N–H and O–H groups in total. The predicted octanol–water partition coefficient (Wildman–Crippen LogP) is 2.72. The monoisotopic (exact) mass is 338 g/mol. The molecule has 0 aromatic rings. The van der Waals surface area contributed by atoms with E-state index in [9.17, 15) is 22.8 Å². The zero-order chi connectivity index (χ0) is 16.3. The fourth-order valence-corrected chi connectivity index (χ4v) is 3.16. The second-order valence-electron chi connectivity index (χ2n) is 5.58. The van der Waals surface area contributed by atoms with E-state index in [-0.39, 0.29) is 5.91 Å². The Kier molecular flexibility index (Phi) is 5.36. The Morgan fingerprint density at radius 2 is 1.91 bits per heavy atom. The first kappa shape index (κ1) is 17.1. The van der Waals surface area contributed by atoms with Crippen molar-refractivity contribution in [2.75, 3.05) is 13.1 Å². The molecule has 1 atom stereocenters. The van der Waals surface area contributed by atoms with Crippen LogP contribution in [0.2, 0.25) is 0 Å². The van der Waals surface area contributed by atoms with Crippen molar-refractivity contribution in [2.24, 2.45) is 0 Å². The minimum absolute atomic E-state index is 0.311. The van der Waals surface area contributed by atoms with E-state index in [4.69, 9.17) is 11.6 Å². The van der Waals surface area contributed by atoms with Crippen LogP contribution in [0.25, 0.3) is 0 Å². The summed E-state index contributed by atoms with van der Waals surface area (Å²) in [5.41, 5.74) is 0.503. The zero-order valence-electron chi connectivity index (χ0n) is 12.0. The molecule has 2 amide bonds. The lowest BCUT2D eigenvalue weighted by molar-refractivity contribution is -0.143. The summed E-state index contributed by atoms with van der Waals surface area (Å²) in [6.45, 7) is -1.01. The highest BCUT2D eigenvalue weighted by Gasteiger charge is 2.37. The molecule has 4 nitrogen and oxygen atoms in total. The molecule has 1 saturated heterocycles. The largest absolute Gasteiger partial charge is 0.405 e. The van der Waals surface area contributed by atoms with Crippen LogP contribution in [0.5, 0.6) is 0 Å². The van der Waals surface area contributed by atoms with Crippen molar-refractivity contribution in [1.29, 1.82) is 0 Å². The Bertz CT molecular complexity index is 491. The Morgan fingerprint density at radius 1 is 1.23 bits per heavy atom. The maximum atomic E-state index is 12.5. The van der Waals surface area contributed by atoms with Crippen LogP contribution >= 0.6 is 11.6 Å². The van der Waals surface area contributed by atoms with E-state index >= 15 is 0 Å². The number of alkyl halides is 3. The van der Waals surface area contributed by atoms with Crippen LogP contribution in [0.1, 0.15) is 38.5 Å². The predicted molar refractivity (Wildman–Crippen MR) is 75.1 cm³/mol. The molecule has 0 unspecified atom stereocenters. The molecule has 0 aromatic carbocycles. The molecule has 1 fully saturated rings.